The van der Waals surface area contributed by atoms with Crippen LogP contribution in [0, 0.1) is 17.7 Å². The average Bonchev–Trinajstić information content (AvgIpc) is 3.32. The van der Waals surface area contributed by atoms with Crippen molar-refractivity contribution in [2.75, 3.05) is 25.0 Å². The van der Waals surface area contributed by atoms with Gasteiger partial charge in [0, 0.05) is 69.1 Å². The van der Waals surface area contributed by atoms with E-state index >= 15 is 0 Å². The molecule has 35 heavy (non-hydrogen) atoms. The standard InChI is InChI=1S/C23H20F4N6O2/c1-31-19(34)7-17(13-5-6-28-9-16(13)24)30-22(31)32(2)20-14-10-33(11-15(14)20)21(35)12-3-4-18(29-8-12)23(25,26)27/h3-9,14-15,20H,10-11H2,1-2H3/t14-,15+,20?. The minimum atomic E-state index is -4.57. The molecule has 3 aromatic rings. The molecule has 1 unspecified atom stereocenters. The lowest BCUT2D eigenvalue weighted by molar-refractivity contribution is -0.141. The number of alkyl halides is 3. The third-order valence-electron chi connectivity index (χ3n) is 6.66. The quantitative estimate of drug-likeness (QED) is 0.525. The molecule has 8 nitrogen and oxygen atoms in total. The number of nitrogens with zero attached hydrogens (tertiary/aromatic N) is 6. The van der Waals surface area contributed by atoms with Gasteiger partial charge in [0.2, 0.25) is 5.95 Å². The highest BCUT2D eigenvalue weighted by atomic mass is 19.4. The summed E-state index contributed by atoms with van der Waals surface area (Å²) in [5.41, 5.74) is -0.921. The molecule has 3 atom stereocenters. The lowest BCUT2D eigenvalue weighted by Gasteiger charge is -2.26. The highest BCUT2D eigenvalue weighted by Gasteiger charge is 2.59. The number of rotatable bonds is 4. The molecule has 4 heterocycles. The predicted molar refractivity (Wildman–Crippen MR) is 117 cm³/mol. The van der Waals surface area contributed by atoms with Crippen LogP contribution in [0.5, 0.6) is 0 Å². The van der Waals surface area contributed by atoms with Crippen molar-refractivity contribution < 1.29 is 22.4 Å². The van der Waals surface area contributed by atoms with Crippen LogP contribution in [0.15, 0.2) is 47.7 Å². The van der Waals surface area contributed by atoms with Crippen molar-refractivity contribution >= 4 is 11.9 Å². The van der Waals surface area contributed by atoms with Crippen LogP contribution < -0.4 is 10.5 Å². The highest BCUT2D eigenvalue weighted by molar-refractivity contribution is 5.94. The second-order valence-corrected chi connectivity index (χ2v) is 8.76. The van der Waals surface area contributed by atoms with Gasteiger partial charge in [0.25, 0.3) is 11.5 Å². The second kappa shape index (κ2) is 8.14. The Morgan fingerprint density at radius 2 is 1.86 bits per heavy atom. The van der Waals surface area contributed by atoms with Crippen molar-refractivity contribution in [1.82, 2.24) is 24.4 Å². The molecule has 1 aliphatic carbocycles. The van der Waals surface area contributed by atoms with Crippen LogP contribution in [0.4, 0.5) is 23.5 Å². The molecular weight excluding hydrogens is 468 g/mol. The van der Waals surface area contributed by atoms with Crippen molar-refractivity contribution in [3.8, 4) is 11.3 Å². The van der Waals surface area contributed by atoms with Crippen LogP contribution in [0.1, 0.15) is 16.1 Å². The van der Waals surface area contributed by atoms with E-state index in [-0.39, 0.29) is 46.2 Å². The summed E-state index contributed by atoms with van der Waals surface area (Å²) < 4.78 is 53.8. The van der Waals surface area contributed by atoms with Crippen molar-refractivity contribution in [2.45, 2.75) is 12.2 Å². The zero-order chi connectivity index (χ0) is 25.1. The van der Waals surface area contributed by atoms with Gasteiger partial charge in [0.05, 0.1) is 17.5 Å². The molecule has 1 aliphatic heterocycles. The summed E-state index contributed by atoms with van der Waals surface area (Å²) in [5.74, 6) is -0.361. The SMILES string of the molecule is CN(c1nc(-c2ccncc2F)cc(=O)n1C)C1[C@H]2CN(C(=O)c3ccc(C(F)(F)F)nc3)C[C@@H]12. The van der Waals surface area contributed by atoms with Gasteiger partial charge in [-0.3, -0.25) is 24.1 Å². The molecule has 1 saturated heterocycles. The van der Waals surface area contributed by atoms with Gasteiger partial charge in [-0.25, -0.2) is 9.37 Å². The third kappa shape index (κ3) is 4.02. The smallest absolute Gasteiger partial charge is 0.342 e. The molecule has 182 valence electrons. The monoisotopic (exact) mass is 488 g/mol. The summed E-state index contributed by atoms with van der Waals surface area (Å²) in [4.78, 5) is 40.4. The minimum absolute atomic E-state index is 0.0143. The number of carbonyl (C=O) groups excluding carboxylic acids is 1. The Balaban J connectivity index is 1.30. The molecule has 0 radical (unpaired) electrons. The molecule has 3 aromatic heterocycles. The minimum Gasteiger partial charge on any atom is -0.342 e. The Hall–Kier alpha value is -3.83. The zero-order valence-electron chi connectivity index (χ0n) is 18.7. The van der Waals surface area contributed by atoms with Gasteiger partial charge in [0.15, 0.2) is 5.82 Å². The number of amides is 1. The Morgan fingerprint density at radius 1 is 1.14 bits per heavy atom. The van der Waals surface area contributed by atoms with E-state index < -0.39 is 17.7 Å². The number of hydrogen-bond acceptors (Lipinski definition) is 6. The number of fused-ring (bicyclic) bond motifs is 1. The topological polar surface area (TPSA) is 84.2 Å². The summed E-state index contributed by atoms with van der Waals surface area (Å²) in [5, 5.41) is 0. The van der Waals surface area contributed by atoms with Crippen molar-refractivity contribution in [1.29, 1.82) is 0 Å². The van der Waals surface area contributed by atoms with E-state index in [4.69, 9.17) is 0 Å². The lowest BCUT2D eigenvalue weighted by Crippen LogP contribution is -2.38. The molecule has 2 fully saturated rings. The molecule has 12 heteroatoms. The normalized spacial score (nSPS) is 21.1. The molecule has 5 rings (SSSR count). The Kier molecular flexibility index (Phi) is 5.33. The van der Waals surface area contributed by atoms with Crippen LogP contribution in [0.25, 0.3) is 11.3 Å². The van der Waals surface area contributed by atoms with Crippen molar-refractivity contribution in [2.24, 2.45) is 18.9 Å². The Morgan fingerprint density at radius 3 is 2.46 bits per heavy atom. The maximum Gasteiger partial charge on any atom is 0.433 e. The number of likely N-dealkylation sites (tertiary alicyclic amines) is 1. The number of piperidine rings is 1. The van der Waals surface area contributed by atoms with E-state index in [0.717, 1.165) is 24.5 Å². The molecule has 0 bridgehead atoms. The van der Waals surface area contributed by atoms with Gasteiger partial charge in [-0.05, 0) is 18.2 Å². The van der Waals surface area contributed by atoms with E-state index in [1.54, 1.807) is 19.0 Å². The summed E-state index contributed by atoms with van der Waals surface area (Å²) >= 11 is 0. The number of anilines is 1. The Labute approximate surface area is 196 Å². The van der Waals surface area contributed by atoms with Gasteiger partial charge >= 0.3 is 6.18 Å². The highest BCUT2D eigenvalue weighted by Crippen LogP contribution is 2.49. The van der Waals surface area contributed by atoms with E-state index in [1.807, 2.05) is 4.90 Å². The lowest BCUT2D eigenvalue weighted by atomic mass is 10.2. The fourth-order valence-corrected chi connectivity index (χ4v) is 4.80. The van der Waals surface area contributed by atoms with E-state index in [9.17, 15) is 27.2 Å². The van der Waals surface area contributed by atoms with Gasteiger partial charge < -0.3 is 9.80 Å². The first-order valence-electron chi connectivity index (χ1n) is 10.8. The van der Waals surface area contributed by atoms with E-state index in [0.29, 0.717) is 19.0 Å². The first-order chi connectivity index (χ1) is 16.6. The van der Waals surface area contributed by atoms with Crippen LogP contribution in [0.3, 0.4) is 0 Å². The predicted octanol–water partition coefficient (Wildman–Crippen LogP) is 2.60. The maximum atomic E-state index is 14.2. The summed E-state index contributed by atoms with van der Waals surface area (Å²) in [7, 11) is 3.38. The molecule has 0 N–H and O–H groups in total. The maximum absolute atomic E-state index is 14.2. The summed E-state index contributed by atoms with van der Waals surface area (Å²) in [6, 6.07) is 4.66. The van der Waals surface area contributed by atoms with E-state index in [2.05, 4.69) is 15.0 Å². The molecule has 1 saturated carbocycles. The Bertz CT molecular complexity index is 1350. The number of carbonyl (C=O) groups is 1. The van der Waals surface area contributed by atoms with Crippen molar-refractivity contribution in [3.63, 3.8) is 0 Å². The average molecular weight is 488 g/mol. The van der Waals surface area contributed by atoms with Crippen LogP contribution >= 0.6 is 0 Å². The second-order valence-electron chi connectivity index (χ2n) is 8.76. The number of halogens is 4. The molecule has 1 amide bonds. The summed E-state index contributed by atoms with van der Waals surface area (Å²) in [6.45, 7) is 0.846. The van der Waals surface area contributed by atoms with Crippen LogP contribution in [-0.4, -0.2) is 56.5 Å². The van der Waals surface area contributed by atoms with Crippen LogP contribution in [-0.2, 0) is 13.2 Å². The number of pyridine rings is 2. The molecule has 2 aliphatic rings. The van der Waals surface area contributed by atoms with Gasteiger partial charge in [0.1, 0.15) is 5.69 Å². The molecule has 0 aromatic carbocycles. The van der Waals surface area contributed by atoms with E-state index in [1.165, 1.54) is 22.9 Å². The van der Waals surface area contributed by atoms with Gasteiger partial charge in [-0.1, -0.05) is 0 Å². The fraction of sp³-hybridized carbons (Fsp3) is 0.348. The van der Waals surface area contributed by atoms with Gasteiger partial charge in [-0.15, -0.1) is 0 Å². The first kappa shape index (κ1) is 22.9. The largest absolute Gasteiger partial charge is 0.433 e. The zero-order valence-corrected chi connectivity index (χ0v) is 18.7. The molecule has 0 spiro atoms. The number of hydrogen-bond donors (Lipinski definition) is 0. The van der Waals surface area contributed by atoms with Gasteiger partial charge in [-0.2, -0.15) is 13.2 Å². The third-order valence-corrected chi connectivity index (χ3v) is 6.66. The summed E-state index contributed by atoms with van der Waals surface area (Å²) in [6.07, 6.45) is -1.14. The molecular formula is C23H20F4N6O2. The number of aromatic nitrogens is 4. The van der Waals surface area contributed by atoms with Crippen molar-refractivity contribution in [3.05, 3.63) is 70.3 Å². The fourth-order valence-electron chi connectivity index (χ4n) is 4.80. The first-order valence-corrected chi connectivity index (χ1v) is 10.8. The van der Waals surface area contributed by atoms with Crippen LogP contribution in [0.2, 0.25) is 0 Å².